The van der Waals surface area contributed by atoms with Gasteiger partial charge in [0.25, 0.3) is 0 Å². The van der Waals surface area contributed by atoms with E-state index in [0.29, 0.717) is 32.5 Å². The average Bonchev–Trinajstić information content (AvgIpc) is 2.83. The van der Waals surface area contributed by atoms with Gasteiger partial charge in [0.1, 0.15) is 0 Å². The summed E-state index contributed by atoms with van der Waals surface area (Å²) in [6, 6.07) is 3.71. The monoisotopic (exact) mass is 387 g/mol. The van der Waals surface area contributed by atoms with Crippen LogP contribution in [-0.2, 0) is 26.4 Å². The van der Waals surface area contributed by atoms with E-state index in [1.54, 1.807) is 19.3 Å². The maximum Gasteiger partial charge on any atom is 0.213 e. The number of nitrogens with zero attached hydrogens (tertiary/aromatic N) is 3. The van der Waals surface area contributed by atoms with Crippen LogP contribution >= 0.6 is 0 Å². The molecule has 9 heteroatoms. The fourth-order valence-electron chi connectivity index (χ4n) is 3.82. The zero-order valence-corrected chi connectivity index (χ0v) is 16.0. The quantitative estimate of drug-likeness (QED) is 0.747. The average molecular weight is 388 g/mol. The predicted octanol–water partition coefficient (Wildman–Crippen LogP) is 0.495. The summed E-state index contributed by atoms with van der Waals surface area (Å²) < 4.78 is 51.0. The Morgan fingerprint density at radius 1 is 1.24 bits per heavy atom. The Morgan fingerprint density at radius 3 is 2.68 bits per heavy atom. The van der Waals surface area contributed by atoms with E-state index >= 15 is 0 Å². The first-order valence-electron chi connectivity index (χ1n) is 8.66. The zero-order chi connectivity index (χ0) is 18.1. The largest absolute Gasteiger partial charge is 0.294 e. The number of rotatable bonds is 4. The molecule has 2 saturated heterocycles. The predicted molar refractivity (Wildman–Crippen MR) is 96.3 cm³/mol. The Labute approximate surface area is 150 Å². The second kappa shape index (κ2) is 7.30. The number of pyridine rings is 1. The Kier molecular flexibility index (Phi) is 5.48. The molecule has 140 valence electrons. The molecule has 2 atom stereocenters. The van der Waals surface area contributed by atoms with Crippen molar-refractivity contribution in [3.8, 4) is 0 Å². The second-order valence-corrected chi connectivity index (χ2v) is 11.3. The SMILES string of the molecule is CCS(=O)(=O)N1CC[C@@H]2[C@H](CC1)S(=O)(=O)CCN2Cc1cccnc1. The van der Waals surface area contributed by atoms with E-state index in [-0.39, 0.29) is 24.1 Å². The molecule has 2 aliphatic rings. The molecule has 3 heterocycles. The van der Waals surface area contributed by atoms with Crippen LogP contribution in [0, 0.1) is 0 Å². The molecule has 0 bridgehead atoms. The van der Waals surface area contributed by atoms with Crippen molar-refractivity contribution >= 4 is 19.9 Å². The van der Waals surface area contributed by atoms with E-state index in [0.717, 1.165) is 5.56 Å². The van der Waals surface area contributed by atoms with Crippen molar-refractivity contribution in [3.63, 3.8) is 0 Å². The van der Waals surface area contributed by atoms with Gasteiger partial charge in [-0.15, -0.1) is 0 Å². The van der Waals surface area contributed by atoms with Crippen molar-refractivity contribution in [2.75, 3.05) is 31.1 Å². The molecule has 0 N–H and O–H groups in total. The summed E-state index contributed by atoms with van der Waals surface area (Å²) in [7, 11) is -6.48. The Hall–Kier alpha value is -1.03. The third-order valence-corrected chi connectivity index (χ3v) is 9.33. The molecule has 0 amide bonds. The normalized spacial score (nSPS) is 28.2. The smallest absolute Gasteiger partial charge is 0.213 e. The molecule has 1 aromatic heterocycles. The number of sulfonamides is 1. The second-order valence-electron chi connectivity index (χ2n) is 6.68. The summed E-state index contributed by atoms with van der Waals surface area (Å²) in [6.45, 7) is 3.43. The van der Waals surface area contributed by atoms with Crippen molar-refractivity contribution in [3.05, 3.63) is 30.1 Å². The summed E-state index contributed by atoms with van der Waals surface area (Å²) in [4.78, 5) is 6.31. The van der Waals surface area contributed by atoms with E-state index in [1.807, 2.05) is 12.1 Å². The molecule has 3 rings (SSSR count). The van der Waals surface area contributed by atoms with Gasteiger partial charge in [-0.3, -0.25) is 9.88 Å². The summed E-state index contributed by atoms with van der Waals surface area (Å²) >= 11 is 0. The van der Waals surface area contributed by atoms with Crippen LogP contribution in [0.4, 0.5) is 0 Å². The number of fused-ring (bicyclic) bond motifs is 1. The summed E-state index contributed by atoms with van der Waals surface area (Å²) in [5.41, 5.74) is 1.04. The zero-order valence-electron chi connectivity index (χ0n) is 14.4. The van der Waals surface area contributed by atoms with Crippen molar-refractivity contribution in [2.45, 2.75) is 37.6 Å². The van der Waals surface area contributed by atoms with Gasteiger partial charge in [0, 0.05) is 44.6 Å². The van der Waals surface area contributed by atoms with E-state index in [1.165, 1.54) is 4.31 Å². The van der Waals surface area contributed by atoms with Gasteiger partial charge in [-0.05, 0) is 31.4 Å². The van der Waals surface area contributed by atoms with Gasteiger partial charge in [-0.2, -0.15) is 0 Å². The third kappa shape index (κ3) is 4.05. The van der Waals surface area contributed by atoms with Crippen LogP contribution in [0.2, 0.25) is 0 Å². The highest BCUT2D eigenvalue weighted by molar-refractivity contribution is 7.92. The first-order chi connectivity index (χ1) is 11.8. The van der Waals surface area contributed by atoms with Crippen LogP contribution in [0.25, 0.3) is 0 Å². The van der Waals surface area contributed by atoms with Gasteiger partial charge in [0.05, 0.1) is 16.8 Å². The fraction of sp³-hybridized carbons (Fsp3) is 0.688. The topological polar surface area (TPSA) is 87.7 Å². The van der Waals surface area contributed by atoms with Crippen LogP contribution in [0.15, 0.2) is 24.5 Å². The molecule has 0 spiro atoms. The molecule has 0 saturated carbocycles. The first-order valence-corrected chi connectivity index (χ1v) is 12.0. The Bertz CT molecular complexity index is 796. The summed E-state index contributed by atoms with van der Waals surface area (Å²) in [5.74, 6) is 0.184. The van der Waals surface area contributed by atoms with E-state index in [2.05, 4.69) is 9.88 Å². The summed E-state index contributed by atoms with van der Waals surface area (Å²) in [6.07, 6.45) is 4.42. The lowest BCUT2D eigenvalue weighted by Crippen LogP contribution is -2.54. The minimum absolute atomic E-state index is 0.0501. The molecule has 0 unspecified atom stereocenters. The van der Waals surface area contributed by atoms with E-state index in [4.69, 9.17) is 0 Å². The molecule has 2 aliphatic heterocycles. The minimum Gasteiger partial charge on any atom is -0.294 e. The maximum absolute atomic E-state index is 12.6. The van der Waals surface area contributed by atoms with Crippen LogP contribution in [-0.4, -0.2) is 73.5 Å². The highest BCUT2D eigenvalue weighted by Gasteiger charge is 2.43. The lowest BCUT2D eigenvalue weighted by Gasteiger charge is -2.40. The Balaban J connectivity index is 1.83. The van der Waals surface area contributed by atoms with E-state index < -0.39 is 25.1 Å². The van der Waals surface area contributed by atoms with Gasteiger partial charge >= 0.3 is 0 Å². The van der Waals surface area contributed by atoms with Crippen LogP contribution < -0.4 is 0 Å². The van der Waals surface area contributed by atoms with Crippen LogP contribution in [0.1, 0.15) is 25.3 Å². The lowest BCUT2D eigenvalue weighted by molar-refractivity contribution is 0.173. The number of aromatic nitrogens is 1. The fourth-order valence-corrected chi connectivity index (χ4v) is 6.99. The molecule has 2 fully saturated rings. The summed E-state index contributed by atoms with van der Waals surface area (Å²) in [5, 5.41) is -0.491. The van der Waals surface area contributed by atoms with Gasteiger partial charge in [-0.1, -0.05) is 6.07 Å². The Morgan fingerprint density at radius 2 is 2.00 bits per heavy atom. The standard InChI is InChI=1S/C16H25N3O4S2/c1-2-25(22,23)19-8-5-15-16(6-9-19)24(20,21)11-10-18(15)13-14-4-3-7-17-12-14/h3-4,7,12,15-16H,2,5-6,8-11,13H2,1H3/t15-,16+/m1/s1. The molecule has 0 radical (unpaired) electrons. The number of hydrogen-bond acceptors (Lipinski definition) is 6. The molecular formula is C16H25N3O4S2. The molecule has 7 nitrogen and oxygen atoms in total. The number of hydrogen-bond donors (Lipinski definition) is 0. The molecule has 25 heavy (non-hydrogen) atoms. The highest BCUT2D eigenvalue weighted by Crippen LogP contribution is 2.29. The maximum atomic E-state index is 12.6. The van der Waals surface area contributed by atoms with Crippen LogP contribution in [0.3, 0.4) is 0 Å². The molecule has 0 aromatic carbocycles. The van der Waals surface area contributed by atoms with Crippen molar-refractivity contribution in [2.24, 2.45) is 0 Å². The first kappa shape index (κ1) is 18.8. The van der Waals surface area contributed by atoms with Crippen molar-refractivity contribution in [1.29, 1.82) is 0 Å². The highest BCUT2D eigenvalue weighted by atomic mass is 32.2. The minimum atomic E-state index is -3.29. The van der Waals surface area contributed by atoms with Gasteiger partial charge in [0.15, 0.2) is 9.84 Å². The lowest BCUT2D eigenvalue weighted by atomic mass is 10.1. The molecular weight excluding hydrogens is 362 g/mol. The molecule has 0 aliphatic carbocycles. The molecule has 1 aromatic rings. The van der Waals surface area contributed by atoms with Crippen LogP contribution in [0.5, 0.6) is 0 Å². The van der Waals surface area contributed by atoms with Gasteiger partial charge < -0.3 is 0 Å². The number of sulfone groups is 1. The van der Waals surface area contributed by atoms with E-state index in [9.17, 15) is 16.8 Å². The van der Waals surface area contributed by atoms with Crippen molar-refractivity contribution < 1.29 is 16.8 Å². The van der Waals surface area contributed by atoms with Gasteiger partial charge in [0.2, 0.25) is 10.0 Å². The van der Waals surface area contributed by atoms with Crippen molar-refractivity contribution in [1.82, 2.24) is 14.2 Å². The third-order valence-electron chi connectivity index (χ3n) is 5.23. The van der Waals surface area contributed by atoms with Gasteiger partial charge in [-0.25, -0.2) is 21.1 Å².